The summed E-state index contributed by atoms with van der Waals surface area (Å²) < 4.78 is 16.4. The SMILES string of the molecule is c1ccc(-c2ccc3c(ccc4c3c3cc5c(cc3n4-c3ccccc3)oc3ccc4ccccc4c35)c2)cc1.c1ccc(-c2ccc3c(ccc4c3c3cc5c(cc3n4-c3ccccc3)sc3ccc4ccccc4c35)c2)cc1.c1ccc(-c2cccc(-n3c4cc5[nH]c6ccc7ccccc7c6c5cc4c4c5ccc(-c6ccccc6)cc5ccc43)c2)cc1. The highest BCUT2D eigenvalue weighted by molar-refractivity contribution is 7.26. The summed E-state index contributed by atoms with van der Waals surface area (Å²) >= 11 is 1.90. The number of nitrogens with zero attached hydrogens (tertiary/aromatic N) is 3. The summed E-state index contributed by atoms with van der Waals surface area (Å²) in [5.74, 6) is 0. The molecular weight excluding hydrogens is 1550 g/mol. The van der Waals surface area contributed by atoms with Crippen LogP contribution in [0.4, 0.5) is 0 Å². The second kappa shape index (κ2) is 28.6. The number of rotatable bonds is 7. The van der Waals surface area contributed by atoms with Gasteiger partial charge in [0, 0.05) is 108 Å². The zero-order chi connectivity index (χ0) is 82.6. The van der Waals surface area contributed by atoms with Crippen LogP contribution in [0, 0.1) is 0 Å². The summed E-state index contributed by atoms with van der Waals surface area (Å²) in [4.78, 5) is 3.77. The standard InChI is InChI=1S/C44H28N2.C38H23NO.C38H23NS/c1-3-10-28(11-4-1)31-15-9-16-34(25-31)46-41-23-20-33-24-32(29-12-5-2-6-13-29)18-21-36(33)44(41)38-26-37-40(27-42(38)46)45-39-22-19-30-14-7-8-17-35(30)43(37)39;2*1-3-9-24(10-4-1)26-15-18-30-27(21-26)16-19-33-37(30)31-22-32-36(23-34(31)39(33)28-12-5-2-6-13-28)40-35-20-17-25-11-7-8-14-29(25)38(32)35/h1-27,45H;2*1-23H. The number of fused-ring (bicyclic) bond motifs is 30. The molecular formula is C120H74N4OS. The fourth-order valence-corrected chi connectivity index (χ4v) is 21.8. The van der Waals surface area contributed by atoms with Crippen LogP contribution in [-0.2, 0) is 0 Å². The molecule has 0 aliphatic rings. The molecule has 586 valence electrons. The van der Waals surface area contributed by atoms with Crippen LogP contribution >= 0.6 is 11.3 Å². The van der Waals surface area contributed by atoms with E-state index in [1.54, 1.807) is 0 Å². The number of para-hydroxylation sites is 2. The van der Waals surface area contributed by atoms with Gasteiger partial charge in [-0.05, 0) is 230 Å². The van der Waals surface area contributed by atoms with E-state index >= 15 is 0 Å². The van der Waals surface area contributed by atoms with Gasteiger partial charge in [-0.25, -0.2) is 0 Å². The fourth-order valence-electron chi connectivity index (χ4n) is 20.7. The van der Waals surface area contributed by atoms with E-state index in [0.717, 1.165) is 39.0 Å². The van der Waals surface area contributed by atoms with Gasteiger partial charge in [0.2, 0.25) is 0 Å². The molecule has 1 N–H and O–H groups in total. The van der Waals surface area contributed by atoms with Crippen molar-refractivity contribution in [1.29, 1.82) is 0 Å². The van der Waals surface area contributed by atoms with Gasteiger partial charge in [-0.2, -0.15) is 0 Å². The molecule has 0 atom stereocenters. The van der Waals surface area contributed by atoms with Crippen molar-refractivity contribution in [3.8, 4) is 61.6 Å². The van der Waals surface area contributed by atoms with Crippen molar-refractivity contribution in [3.05, 3.63) is 443 Å². The third-order valence-corrected chi connectivity index (χ3v) is 27.5. The normalized spacial score (nSPS) is 12.0. The molecule has 6 heterocycles. The van der Waals surface area contributed by atoms with Crippen molar-refractivity contribution in [2.24, 2.45) is 0 Å². The third-order valence-electron chi connectivity index (χ3n) is 26.4. The van der Waals surface area contributed by atoms with Crippen molar-refractivity contribution in [2.45, 2.75) is 0 Å². The Bertz CT molecular complexity index is 8980. The van der Waals surface area contributed by atoms with Gasteiger partial charge in [-0.1, -0.05) is 315 Å². The van der Waals surface area contributed by atoms with E-state index in [4.69, 9.17) is 4.42 Å². The lowest BCUT2D eigenvalue weighted by atomic mass is 9.97. The number of hydrogen-bond donors (Lipinski definition) is 1. The van der Waals surface area contributed by atoms with Crippen LogP contribution in [0.2, 0.25) is 0 Å². The molecule has 5 nitrogen and oxygen atoms in total. The first-order valence-corrected chi connectivity index (χ1v) is 44.1. The maximum absolute atomic E-state index is 6.49. The number of aromatic nitrogens is 4. The Morgan fingerprint density at radius 2 is 0.548 bits per heavy atom. The van der Waals surface area contributed by atoms with Gasteiger partial charge in [0.25, 0.3) is 0 Å². The minimum absolute atomic E-state index is 0.912. The van der Waals surface area contributed by atoms with E-state index in [1.165, 1.54) is 217 Å². The molecule has 6 heteroatoms. The smallest absolute Gasteiger partial charge is 0.137 e. The molecule has 126 heavy (non-hydrogen) atoms. The van der Waals surface area contributed by atoms with Crippen LogP contribution in [0.15, 0.2) is 447 Å². The first-order valence-electron chi connectivity index (χ1n) is 43.2. The predicted molar refractivity (Wildman–Crippen MR) is 539 cm³/mol. The maximum Gasteiger partial charge on any atom is 0.137 e. The van der Waals surface area contributed by atoms with E-state index in [0.29, 0.717) is 0 Å². The lowest BCUT2D eigenvalue weighted by Crippen LogP contribution is -1.94. The van der Waals surface area contributed by atoms with Crippen LogP contribution in [0.3, 0.4) is 0 Å². The Labute approximate surface area is 727 Å². The Morgan fingerprint density at radius 3 is 1.06 bits per heavy atom. The van der Waals surface area contributed by atoms with Crippen LogP contribution in [0.5, 0.6) is 0 Å². The van der Waals surface area contributed by atoms with Gasteiger partial charge in [0.05, 0.1) is 33.1 Å². The number of H-pyrrole nitrogens is 1. The molecule has 0 saturated carbocycles. The number of thiophene rings is 1. The molecule has 6 aromatic heterocycles. The quantitative estimate of drug-likeness (QED) is 0.170. The maximum atomic E-state index is 6.49. The largest absolute Gasteiger partial charge is 0.456 e. The fraction of sp³-hybridized carbons (Fsp3) is 0. The molecule has 28 aromatic rings. The van der Waals surface area contributed by atoms with E-state index < -0.39 is 0 Å². The van der Waals surface area contributed by atoms with Crippen LogP contribution in [-0.4, -0.2) is 18.7 Å². The molecule has 0 unspecified atom stereocenters. The number of benzene rings is 22. The molecule has 0 aliphatic heterocycles. The monoisotopic (exact) mass is 1620 g/mol. The van der Waals surface area contributed by atoms with Crippen LogP contribution < -0.4 is 0 Å². The summed E-state index contributed by atoms with van der Waals surface area (Å²) in [5.41, 5.74) is 24.7. The van der Waals surface area contributed by atoms with E-state index in [2.05, 4.69) is 462 Å². The molecule has 0 aliphatic carbocycles. The van der Waals surface area contributed by atoms with Crippen molar-refractivity contribution in [1.82, 2.24) is 18.7 Å². The number of furan rings is 1. The summed E-state index contributed by atoms with van der Waals surface area (Å²) in [6.07, 6.45) is 0. The summed E-state index contributed by atoms with van der Waals surface area (Å²) in [5, 5.41) is 30.4. The molecule has 0 spiro atoms. The van der Waals surface area contributed by atoms with Crippen LogP contribution in [0.25, 0.3) is 256 Å². The lowest BCUT2D eigenvalue weighted by molar-refractivity contribution is 0.669. The highest BCUT2D eigenvalue weighted by Gasteiger charge is 2.25. The third kappa shape index (κ3) is 11.4. The van der Waals surface area contributed by atoms with Gasteiger partial charge < -0.3 is 23.1 Å². The zero-order valence-corrected chi connectivity index (χ0v) is 69.1. The predicted octanol–water partition coefficient (Wildman–Crippen LogP) is 33.8. The summed E-state index contributed by atoms with van der Waals surface area (Å²) in [6.45, 7) is 0. The van der Waals surface area contributed by atoms with Crippen molar-refractivity contribution in [3.63, 3.8) is 0 Å². The van der Waals surface area contributed by atoms with Crippen molar-refractivity contribution >= 4 is 205 Å². The highest BCUT2D eigenvalue weighted by atomic mass is 32.1. The minimum Gasteiger partial charge on any atom is -0.456 e. The Kier molecular flexibility index (Phi) is 16.2. The topological polar surface area (TPSA) is 43.7 Å². The van der Waals surface area contributed by atoms with Crippen molar-refractivity contribution in [2.75, 3.05) is 0 Å². The average molecular weight is 1620 g/mol. The second-order valence-corrected chi connectivity index (χ2v) is 34.5. The first kappa shape index (κ1) is 71.4. The molecule has 0 bridgehead atoms. The number of aromatic amines is 1. The molecule has 0 fully saturated rings. The van der Waals surface area contributed by atoms with Gasteiger partial charge >= 0.3 is 0 Å². The molecule has 22 aromatic carbocycles. The zero-order valence-electron chi connectivity index (χ0n) is 68.3. The molecule has 0 amide bonds. The van der Waals surface area contributed by atoms with Gasteiger partial charge in [-0.15, -0.1) is 11.3 Å². The molecule has 0 radical (unpaired) electrons. The van der Waals surface area contributed by atoms with Gasteiger partial charge in [0.15, 0.2) is 0 Å². The van der Waals surface area contributed by atoms with Crippen LogP contribution in [0.1, 0.15) is 0 Å². The molecule has 0 saturated heterocycles. The van der Waals surface area contributed by atoms with E-state index in [9.17, 15) is 0 Å². The first-order chi connectivity index (χ1) is 62.5. The molecule has 28 rings (SSSR count). The van der Waals surface area contributed by atoms with Gasteiger partial charge in [0.1, 0.15) is 11.2 Å². The minimum atomic E-state index is 0.912. The lowest BCUT2D eigenvalue weighted by Gasteiger charge is -2.11. The Hall–Kier alpha value is -16.4. The number of nitrogens with one attached hydrogen (secondary N) is 1. The number of hydrogen-bond acceptors (Lipinski definition) is 2. The average Bonchev–Trinajstić information content (AvgIpc) is 1.56. The Morgan fingerprint density at radius 1 is 0.175 bits per heavy atom. The second-order valence-electron chi connectivity index (χ2n) is 33.4. The van der Waals surface area contributed by atoms with Crippen molar-refractivity contribution < 1.29 is 4.42 Å². The summed E-state index contributed by atoms with van der Waals surface area (Å²) in [7, 11) is 0. The summed E-state index contributed by atoms with van der Waals surface area (Å²) in [6, 6.07) is 161. The van der Waals surface area contributed by atoms with Gasteiger partial charge in [-0.3, -0.25) is 0 Å². The Balaban J connectivity index is 0.000000101. The highest BCUT2D eigenvalue weighted by Crippen LogP contribution is 2.49. The van der Waals surface area contributed by atoms with E-state index in [1.807, 2.05) is 11.3 Å². The van der Waals surface area contributed by atoms with E-state index in [-0.39, 0.29) is 0 Å².